The van der Waals surface area contributed by atoms with E-state index in [2.05, 4.69) is 4.72 Å². The number of benzene rings is 1. The van der Waals surface area contributed by atoms with E-state index in [-0.39, 0.29) is 28.8 Å². The van der Waals surface area contributed by atoms with E-state index < -0.39 is 21.1 Å². The molecule has 0 saturated carbocycles. The van der Waals surface area contributed by atoms with Crippen molar-refractivity contribution in [3.8, 4) is 0 Å². The summed E-state index contributed by atoms with van der Waals surface area (Å²) in [4.78, 5) is 9.65. The summed E-state index contributed by atoms with van der Waals surface area (Å²) in [6.07, 6.45) is -0.484. The van der Waals surface area contributed by atoms with Crippen LogP contribution < -0.4 is 4.72 Å². The number of ether oxygens (including phenoxy) is 2. The van der Waals surface area contributed by atoms with Crippen LogP contribution in [0.25, 0.3) is 0 Å². The van der Waals surface area contributed by atoms with Gasteiger partial charge in [-0.25, -0.2) is 13.1 Å². The third kappa shape index (κ3) is 4.90. The van der Waals surface area contributed by atoms with Gasteiger partial charge in [0, 0.05) is 32.9 Å². The summed E-state index contributed by atoms with van der Waals surface area (Å²) < 4.78 is 36.4. The number of sulfonamides is 1. The van der Waals surface area contributed by atoms with Crippen LogP contribution in [0.5, 0.6) is 0 Å². The van der Waals surface area contributed by atoms with Crippen LogP contribution in [0.15, 0.2) is 23.1 Å². The van der Waals surface area contributed by atoms with E-state index in [0.717, 1.165) is 18.2 Å². The number of rotatable bonds is 8. The highest BCUT2D eigenvalue weighted by Gasteiger charge is 2.22. The summed E-state index contributed by atoms with van der Waals surface area (Å²) in [5.74, 6) is 0. The quantitative estimate of drug-likeness (QED) is 0.563. The fourth-order valence-electron chi connectivity index (χ4n) is 1.49. The number of hydrogen-bond donors (Lipinski definition) is 1. The van der Waals surface area contributed by atoms with Crippen LogP contribution >= 0.6 is 11.6 Å². The Bertz CT molecular complexity index is 607. The molecule has 1 N–H and O–H groups in total. The zero-order valence-electron chi connectivity index (χ0n) is 11.4. The maximum absolute atomic E-state index is 12.1. The summed E-state index contributed by atoms with van der Waals surface area (Å²) >= 11 is 5.80. The van der Waals surface area contributed by atoms with Gasteiger partial charge in [-0.1, -0.05) is 11.6 Å². The average Bonchev–Trinajstić information content (AvgIpc) is 2.43. The maximum atomic E-state index is 12.1. The van der Waals surface area contributed by atoms with Gasteiger partial charge < -0.3 is 9.47 Å². The van der Waals surface area contributed by atoms with Crippen LogP contribution in [-0.2, 0) is 19.5 Å². The van der Waals surface area contributed by atoms with Crippen molar-refractivity contribution < 1.29 is 22.8 Å². The van der Waals surface area contributed by atoms with E-state index in [4.69, 9.17) is 21.1 Å². The lowest BCUT2D eigenvalue weighted by atomic mass is 10.3. The van der Waals surface area contributed by atoms with E-state index >= 15 is 0 Å². The Morgan fingerprint density at radius 2 is 2.10 bits per heavy atom. The van der Waals surface area contributed by atoms with Crippen molar-refractivity contribution in [2.24, 2.45) is 0 Å². The second-order valence-electron chi connectivity index (χ2n) is 4.04. The first kappa shape index (κ1) is 17.8. The summed E-state index contributed by atoms with van der Waals surface area (Å²) in [6.45, 7) is 0.146. The fourth-order valence-corrected chi connectivity index (χ4v) is 3.07. The maximum Gasteiger partial charge on any atom is 0.270 e. The van der Waals surface area contributed by atoms with E-state index in [1.54, 1.807) is 0 Å². The summed E-state index contributed by atoms with van der Waals surface area (Å²) in [5.41, 5.74) is -0.361. The molecule has 1 atom stereocenters. The molecule has 0 fully saturated rings. The van der Waals surface area contributed by atoms with Crippen LogP contribution in [-0.4, -0.2) is 46.8 Å². The van der Waals surface area contributed by atoms with E-state index in [1.165, 1.54) is 14.2 Å². The minimum absolute atomic E-state index is 0.0499. The molecule has 0 aliphatic heterocycles. The number of methoxy groups -OCH3 is 2. The smallest absolute Gasteiger partial charge is 0.270 e. The zero-order valence-corrected chi connectivity index (χ0v) is 13.0. The van der Waals surface area contributed by atoms with Crippen molar-refractivity contribution in [1.82, 2.24) is 4.72 Å². The number of nitrogens with zero attached hydrogens (tertiary/aromatic N) is 1. The first-order valence-corrected chi connectivity index (χ1v) is 7.63. The number of halogens is 1. The molecule has 1 unspecified atom stereocenters. The van der Waals surface area contributed by atoms with Crippen LogP contribution in [0.2, 0.25) is 5.02 Å². The molecule has 21 heavy (non-hydrogen) atoms. The molecule has 0 bridgehead atoms. The van der Waals surface area contributed by atoms with E-state index in [9.17, 15) is 18.5 Å². The molecule has 0 heterocycles. The largest absolute Gasteiger partial charge is 0.382 e. The highest BCUT2D eigenvalue weighted by Crippen LogP contribution is 2.25. The second-order valence-corrected chi connectivity index (χ2v) is 6.18. The molecule has 0 aliphatic carbocycles. The first-order valence-electron chi connectivity index (χ1n) is 5.77. The summed E-state index contributed by atoms with van der Waals surface area (Å²) in [6, 6.07) is 3.20. The Balaban J connectivity index is 2.97. The minimum Gasteiger partial charge on any atom is -0.382 e. The molecule has 1 aromatic rings. The lowest BCUT2D eigenvalue weighted by Gasteiger charge is -2.15. The number of nitro groups is 1. The third-order valence-corrected chi connectivity index (χ3v) is 4.51. The van der Waals surface area contributed by atoms with Crippen molar-refractivity contribution in [3.63, 3.8) is 0 Å². The van der Waals surface area contributed by atoms with Crippen molar-refractivity contribution in [2.45, 2.75) is 11.0 Å². The van der Waals surface area contributed by atoms with Crippen LogP contribution in [0.4, 0.5) is 5.69 Å². The lowest BCUT2D eigenvalue weighted by molar-refractivity contribution is -0.385. The topological polar surface area (TPSA) is 108 Å². The fraction of sp³-hybridized carbons (Fsp3) is 0.455. The Morgan fingerprint density at radius 1 is 1.43 bits per heavy atom. The van der Waals surface area contributed by atoms with Crippen LogP contribution in [0, 0.1) is 10.1 Å². The van der Waals surface area contributed by atoms with E-state index in [1.807, 2.05) is 0 Å². The van der Waals surface area contributed by atoms with Gasteiger partial charge >= 0.3 is 0 Å². The van der Waals surface area contributed by atoms with Gasteiger partial charge in [0.25, 0.3) is 5.69 Å². The molecular formula is C11H15ClN2O6S. The number of hydrogen-bond acceptors (Lipinski definition) is 6. The Labute approximate surface area is 127 Å². The van der Waals surface area contributed by atoms with Gasteiger partial charge in [-0.05, 0) is 6.07 Å². The van der Waals surface area contributed by atoms with Crippen molar-refractivity contribution in [3.05, 3.63) is 33.3 Å². The molecule has 0 radical (unpaired) electrons. The van der Waals surface area contributed by atoms with Crippen molar-refractivity contribution in [2.75, 3.05) is 27.4 Å². The van der Waals surface area contributed by atoms with Crippen molar-refractivity contribution >= 4 is 27.3 Å². The summed E-state index contributed by atoms with van der Waals surface area (Å²) in [7, 11) is -1.12. The summed E-state index contributed by atoms with van der Waals surface area (Å²) in [5, 5.41) is 10.6. The molecule has 0 spiro atoms. The third-order valence-electron chi connectivity index (χ3n) is 2.60. The van der Waals surface area contributed by atoms with Crippen LogP contribution in [0.3, 0.4) is 0 Å². The molecule has 1 aromatic carbocycles. The molecular weight excluding hydrogens is 324 g/mol. The molecule has 0 amide bonds. The Hall–Kier alpha value is -1.26. The highest BCUT2D eigenvalue weighted by atomic mass is 35.5. The van der Waals surface area contributed by atoms with Gasteiger partial charge in [-0.15, -0.1) is 0 Å². The predicted octanol–water partition coefficient (Wildman–Crippen LogP) is 1.19. The highest BCUT2D eigenvalue weighted by molar-refractivity contribution is 7.89. The van der Waals surface area contributed by atoms with Crippen molar-refractivity contribution in [1.29, 1.82) is 0 Å². The SMILES string of the molecule is COCC(CNS(=O)(=O)c1cc([N+](=O)[O-])ccc1Cl)OC. The zero-order chi connectivity index (χ0) is 16.0. The van der Waals surface area contributed by atoms with Gasteiger partial charge in [0.1, 0.15) is 4.90 Å². The van der Waals surface area contributed by atoms with Crippen LogP contribution in [0.1, 0.15) is 0 Å². The molecule has 8 nitrogen and oxygen atoms in total. The van der Waals surface area contributed by atoms with Gasteiger partial charge in [0.2, 0.25) is 10.0 Å². The van der Waals surface area contributed by atoms with Gasteiger partial charge in [-0.3, -0.25) is 10.1 Å². The van der Waals surface area contributed by atoms with E-state index in [0.29, 0.717) is 0 Å². The monoisotopic (exact) mass is 338 g/mol. The number of nitrogens with one attached hydrogen (secondary N) is 1. The Morgan fingerprint density at radius 3 is 2.62 bits per heavy atom. The molecule has 1 rings (SSSR count). The van der Waals surface area contributed by atoms with Gasteiger partial charge in [0.15, 0.2) is 0 Å². The molecule has 118 valence electrons. The first-order chi connectivity index (χ1) is 9.81. The average molecular weight is 339 g/mol. The molecule has 0 saturated heterocycles. The van der Waals surface area contributed by atoms with Gasteiger partial charge in [0.05, 0.1) is 22.7 Å². The number of non-ortho nitro benzene ring substituents is 1. The molecule has 10 heteroatoms. The normalized spacial score (nSPS) is 13.1. The second kappa shape index (κ2) is 7.66. The Kier molecular flexibility index (Phi) is 6.49. The molecule has 0 aliphatic rings. The number of nitro benzene ring substituents is 1. The predicted molar refractivity (Wildman–Crippen MR) is 76.0 cm³/mol. The lowest BCUT2D eigenvalue weighted by Crippen LogP contribution is -2.35. The standard InChI is InChI=1S/C11H15ClN2O6S/c1-19-7-9(20-2)6-13-21(17,18)11-5-8(14(15)16)3-4-10(11)12/h3-5,9,13H,6-7H2,1-2H3. The van der Waals surface area contributed by atoms with Gasteiger partial charge in [-0.2, -0.15) is 0 Å². The molecule has 0 aromatic heterocycles. The minimum atomic E-state index is -3.99.